The molecule has 0 aliphatic carbocycles. The number of hydrogen-bond acceptors (Lipinski definition) is 4. The molecular formula is C21H26N2O4. The minimum Gasteiger partial charge on any atom is -0.445 e. The van der Waals surface area contributed by atoms with E-state index < -0.39 is 12.1 Å². The molecule has 0 aromatic heterocycles. The number of aliphatic hydroxyl groups excluding tert-OH is 1. The van der Waals surface area contributed by atoms with Crippen LogP contribution >= 0.6 is 0 Å². The Bertz CT molecular complexity index is 749. The number of aliphatic hydroxyl groups is 1. The van der Waals surface area contributed by atoms with Gasteiger partial charge in [-0.3, -0.25) is 4.79 Å². The first-order valence-electron chi connectivity index (χ1n) is 9.01. The van der Waals surface area contributed by atoms with E-state index in [-0.39, 0.29) is 25.0 Å². The highest BCUT2D eigenvalue weighted by Crippen LogP contribution is 2.14. The van der Waals surface area contributed by atoms with Gasteiger partial charge in [-0.05, 0) is 29.2 Å². The molecular weight excluding hydrogens is 344 g/mol. The summed E-state index contributed by atoms with van der Waals surface area (Å²) in [4.78, 5) is 24.8. The molecule has 0 saturated carbocycles. The lowest BCUT2D eigenvalue weighted by Gasteiger charge is -2.23. The van der Waals surface area contributed by atoms with Gasteiger partial charge in [-0.2, -0.15) is 0 Å². The third-order valence-electron chi connectivity index (χ3n) is 4.36. The number of carbonyl (C=O) groups excluding carboxylic acids is 2. The van der Waals surface area contributed by atoms with Crippen LogP contribution in [0.15, 0.2) is 54.6 Å². The molecule has 0 fully saturated rings. The van der Waals surface area contributed by atoms with Gasteiger partial charge in [0.25, 0.3) is 0 Å². The molecule has 6 heteroatoms. The van der Waals surface area contributed by atoms with Crippen LogP contribution in [0.1, 0.15) is 31.4 Å². The third kappa shape index (κ3) is 6.42. The molecule has 0 aliphatic heterocycles. The van der Waals surface area contributed by atoms with Gasteiger partial charge < -0.3 is 20.5 Å². The van der Waals surface area contributed by atoms with E-state index in [2.05, 4.69) is 10.6 Å². The summed E-state index contributed by atoms with van der Waals surface area (Å²) in [6.45, 7) is 3.88. The molecule has 27 heavy (non-hydrogen) atoms. The van der Waals surface area contributed by atoms with Crippen molar-refractivity contribution in [2.75, 3.05) is 5.32 Å². The van der Waals surface area contributed by atoms with Crippen LogP contribution in [0.2, 0.25) is 0 Å². The van der Waals surface area contributed by atoms with Crippen molar-refractivity contribution in [3.05, 3.63) is 65.7 Å². The summed E-state index contributed by atoms with van der Waals surface area (Å²) in [7, 11) is 0. The Morgan fingerprint density at radius 1 is 1.07 bits per heavy atom. The van der Waals surface area contributed by atoms with E-state index in [0.717, 1.165) is 5.56 Å². The molecule has 2 aromatic rings. The number of carbonyl (C=O) groups is 2. The molecule has 2 rings (SSSR count). The number of benzene rings is 2. The second-order valence-corrected chi connectivity index (χ2v) is 6.42. The normalized spacial score (nSPS) is 12.7. The van der Waals surface area contributed by atoms with Crippen molar-refractivity contribution in [3.63, 3.8) is 0 Å². The molecule has 6 nitrogen and oxygen atoms in total. The number of ether oxygens (including phenoxy) is 1. The number of rotatable bonds is 8. The smallest absolute Gasteiger partial charge is 0.408 e. The molecule has 2 aromatic carbocycles. The number of hydrogen-bond donors (Lipinski definition) is 3. The van der Waals surface area contributed by atoms with Crippen LogP contribution in [-0.4, -0.2) is 23.1 Å². The van der Waals surface area contributed by atoms with Crippen LogP contribution in [0.3, 0.4) is 0 Å². The summed E-state index contributed by atoms with van der Waals surface area (Å²) in [5, 5.41) is 14.7. The molecule has 144 valence electrons. The Kier molecular flexibility index (Phi) is 7.82. The molecule has 2 atom stereocenters. The maximum atomic E-state index is 12.7. The summed E-state index contributed by atoms with van der Waals surface area (Å²) >= 11 is 0. The third-order valence-corrected chi connectivity index (χ3v) is 4.36. The average molecular weight is 370 g/mol. The second-order valence-electron chi connectivity index (χ2n) is 6.42. The van der Waals surface area contributed by atoms with E-state index in [4.69, 9.17) is 4.74 Å². The van der Waals surface area contributed by atoms with E-state index >= 15 is 0 Å². The van der Waals surface area contributed by atoms with Gasteiger partial charge in [0.05, 0.1) is 6.61 Å². The summed E-state index contributed by atoms with van der Waals surface area (Å²) in [5.41, 5.74) is 2.14. The van der Waals surface area contributed by atoms with Gasteiger partial charge in [-0.1, -0.05) is 62.7 Å². The van der Waals surface area contributed by atoms with E-state index in [1.807, 2.05) is 44.2 Å². The van der Waals surface area contributed by atoms with Crippen LogP contribution in [0, 0.1) is 5.92 Å². The predicted octanol–water partition coefficient (Wildman–Crippen LogP) is 3.46. The van der Waals surface area contributed by atoms with Crippen LogP contribution < -0.4 is 10.6 Å². The van der Waals surface area contributed by atoms with Crippen LogP contribution in [-0.2, 0) is 22.7 Å². The summed E-state index contributed by atoms with van der Waals surface area (Å²) in [6, 6.07) is 15.6. The van der Waals surface area contributed by atoms with Crippen molar-refractivity contribution in [2.45, 2.75) is 39.5 Å². The minimum atomic E-state index is -0.726. The Morgan fingerprint density at radius 3 is 2.44 bits per heavy atom. The zero-order valence-corrected chi connectivity index (χ0v) is 15.6. The zero-order chi connectivity index (χ0) is 19.6. The molecule has 2 amide bonds. The maximum Gasteiger partial charge on any atom is 0.408 e. The maximum absolute atomic E-state index is 12.7. The average Bonchev–Trinajstić information content (AvgIpc) is 2.70. The van der Waals surface area contributed by atoms with Crippen molar-refractivity contribution in [2.24, 2.45) is 5.92 Å². The van der Waals surface area contributed by atoms with E-state index in [9.17, 15) is 14.7 Å². The van der Waals surface area contributed by atoms with Gasteiger partial charge in [0, 0.05) is 5.69 Å². The van der Waals surface area contributed by atoms with Gasteiger partial charge in [0.15, 0.2) is 0 Å². The second kappa shape index (κ2) is 10.3. The first kappa shape index (κ1) is 20.5. The van der Waals surface area contributed by atoms with Crippen molar-refractivity contribution in [1.82, 2.24) is 5.32 Å². The van der Waals surface area contributed by atoms with E-state index in [0.29, 0.717) is 17.7 Å². The lowest BCUT2D eigenvalue weighted by atomic mass is 9.98. The molecule has 0 saturated heterocycles. The highest BCUT2D eigenvalue weighted by atomic mass is 16.5. The van der Waals surface area contributed by atoms with Crippen LogP contribution in [0.5, 0.6) is 0 Å². The minimum absolute atomic E-state index is 0.0738. The van der Waals surface area contributed by atoms with Gasteiger partial charge in [-0.15, -0.1) is 0 Å². The fraction of sp³-hybridized carbons (Fsp3) is 0.333. The molecule has 0 unspecified atom stereocenters. The standard InChI is InChI=1S/C21H26N2O4/c1-3-15(2)19(20(25)22-18-11-7-10-17(12-18)13-24)23-21(26)27-14-16-8-5-4-6-9-16/h4-12,15,19,24H,3,13-14H2,1-2H3,(H,22,25)(H,23,26)/t15-,19-/m0/s1. The van der Waals surface area contributed by atoms with E-state index in [1.54, 1.807) is 24.3 Å². The Morgan fingerprint density at radius 2 is 1.78 bits per heavy atom. The zero-order valence-electron chi connectivity index (χ0n) is 15.6. The molecule has 0 heterocycles. The van der Waals surface area contributed by atoms with Crippen molar-refractivity contribution in [3.8, 4) is 0 Å². The van der Waals surface area contributed by atoms with Gasteiger partial charge in [-0.25, -0.2) is 4.79 Å². The quantitative estimate of drug-likeness (QED) is 0.664. The molecule has 0 spiro atoms. The molecule has 0 aliphatic rings. The summed E-state index contributed by atoms with van der Waals surface area (Å²) in [5.74, 6) is -0.397. The van der Waals surface area contributed by atoms with Crippen molar-refractivity contribution in [1.29, 1.82) is 0 Å². The summed E-state index contributed by atoms with van der Waals surface area (Å²) in [6.07, 6.45) is 0.0803. The van der Waals surface area contributed by atoms with E-state index in [1.165, 1.54) is 0 Å². The highest BCUT2D eigenvalue weighted by Gasteiger charge is 2.26. The SMILES string of the molecule is CC[C@H](C)[C@H](NC(=O)OCc1ccccc1)C(=O)Nc1cccc(CO)c1. The first-order chi connectivity index (χ1) is 13.0. The Labute approximate surface area is 159 Å². The number of nitrogens with one attached hydrogen (secondary N) is 2. The van der Waals surface area contributed by atoms with Crippen LogP contribution in [0.25, 0.3) is 0 Å². The number of alkyl carbamates (subject to hydrolysis) is 1. The molecule has 0 bridgehead atoms. The lowest BCUT2D eigenvalue weighted by Crippen LogP contribution is -2.47. The van der Waals surface area contributed by atoms with Crippen LogP contribution in [0.4, 0.5) is 10.5 Å². The fourth-order valence-electron chi connectivity index (χ4n) is 2.56. The largest absolute Gasteiger partial charge is 0.445 e. The first-order valence-corrected chi connectivity index (χ1v) is 9.01. The summed E-state index contributed by atoms with van der Waals surface area (Å²) < 4.78 is 5.23. The molecule has 3 N–H and O–H groups in total. The van der Waals surface area contributed by atoms with Gasteiger partial charge >= 0.3 is 6.09 Å². The van der Waals surface area contributed by atoms with Gasteiger partial charge in [0.1, 0.15) is 12.6 Å². The predicted molar refractivity (Wildman–Crippen MR) is 104 cm³/mol. The van der Waals surface area contributed by atoms with Gasteiger partial charge in [0.2, 0.25) is 5.91 Å². The monoisotopic (exact) mass is 370 g/mol. The lowest BCUT2D eigenvalue weighted by molar-refractivity contribution is -0.119. The molecule has 0 radical (unpaired) electrons. The topological polar surface area (TPSA) is 87.7 Å². The number of amides is 2. The highest BCUT2D eigenvalue weighted by molar-refractivity contribution is 5.96. The Balaban J connectivity index is 1.98. The number of anilines is 1. The van der Waals surface area contributed by atoms with Crippen molar-refractivity contribution < 1.29 is 19.4 Å². The Hall–Kier alpha value is -2.86. The van der Waals surface area contributed by atoms with Crippen molar-refractivity contribution >= 4 is 17.7 Å². The fourth-order valence-corrected chi connectivity index (χ4v) is 2.56.